The van der Waals surface area contributed by atoms with E-state index in [1.54, 1.807) is 12.1 Å². The molecule has 90 valence electrons. The summed E-state index contributed by atoms with van der Waals surface area (Å²) in [4.78, 5) is 0. The van der Waals surface area contributed by atoms with E-state index < -0.39 is 0 Å². The van der Waals surface area contributed by atoms with Crippen LogP contribution in [0.3, 0.4) is 0 Å². The third-order valence-corrected chi connectivity index (χ3v) is 3.21. The molecular weight excluding hydrogens is 243 g/mol. The molecule has 0 bridgehead atoms. The Morgan fingerprint density at radius 1 is 1.31 bits per heavy atom. The number of anilines is 2. The lowest BCUT2D eigenvalue weighted by Gasteiger charge is -2.17. The van der Waals surface area contributed by atoms with Crippen molar-refractivity contribution in [3.8, 4) is 0 Å². The van der Waals surface area contributed by atoms with Gasteiger partial charge in [-0.25, -0.2) is 0 Å². The number of benzene rings is 1. The lowest BCUT2D eigenvalue weighted by Crippen LogP contribution is -2.15. The zero-order valence-electron chi connectivity index (χ0n) is 9.69. The molecule has 1 atom stereocenters. The topological polar surface area (TPSA) is 38.0 Å². The van der Waals surface area contributed by atoms with Crippen molar-refractivity contribution in [2.24, 2.45) is 0 Å². The first-order chi connectivity index (χ1) is 7.54. The van der Waals surface area contributed by atoms with Gasteiger partial charge in [-0.05, 0) is 25.5 Å². The maximum atomic E-state index is 5.95. The summed E-state index contributed by atoms with van der Waals surface area (Å²) in [5, 5.41) is 4.37. The van der Waals surface area contributed by atoms with Gasteiger partial charge in [0.1, 0.15) is 0 Å². The molecule has 0 aliphatic carbocycles. The second kappa shape index (κ2) is 6.21. The van der Waals surface area contributed by atoms with E-state index >= 15 is 0 Å². The third-order valence-electron chi connectivity index (χ3n) is 2.49. The predicted molar refractivity (Wildman–Crippen MR) is 73.5 cm³/mol. The van der Waals surface area contributed by atoms with Crippen LogP contribution in [0.5, 0.6) is 0 Å². The third kappa shape index (κ3) is 3.76. The van der Waals surface area contributed by atoms with E-state index in [9.17, 15) is 0 Å². The molecule has 3 N–H and O–H groups in total. The quantitative estimate of drug-likeness (QED) is 0.762. The van der Waals surface area contributed by atoms with Crippen LogP contribution in [0.15, 0.2) is 12.1 Å². The number of nitrogen functional groups attached to an aromatic ring is 1. The highest BCUT2D eigenvalue weighted by molar-refractivity contribution is 6.42. The highest BCUT2D eigenvalue weighted by atomic mass is 35.5. The highest BCUT2D eigenvalue weighted by Crippen LogP contribution is 2.31. The summed E-state index contributed by atoms with van der Waals surface area (Å²) in [5.74, 6) is 0. The van der Waals surface area contributed by atoms with Crippen molar-refractivity contribution < 1.29 is 0 Å². The van der Waals surface area contributed by atoms with Gasteiger partial charge in [-0.2, -0.15) is 0 Å². The maximum absolute atomic E-state index is 5.95. The summed E-state index contributed by atoms with van der Waals surface area (Å²) < 4.78 is 0. The molecule has 0 aliphatic rings. The van der Waals surface area contributed by atoms with Crippen LogP contribution in [0.2, 0.25) is 10.0 Å². The molecule has 1 aromatic carbocycles. The average molecular weight is 261 g/mol. The van der Waals surface area contributed by atoms with E-state index in [1.165, 1.54) is 12.8 Å². The second-order valence-electron chi connectivity index (χ2n) is 4.04. The predicted octanol–water partition coefficient (Wildman–Crippen LogP) is 4.57. The van der Waals surface area contributed by atoms with Crippen LogP contribution in [0.4, 0.5) is 11.4 Å². The van der Waals surface area contributed by atoms with Crippen LogP contribution >= 0.6 is 23.2 Å². The number of nitrogens with two attached hydrogens (primary N) is 1. The summed E-state index contributed by atoms with van der Waals surface area (Å²) in [7, 11) is 0. The van der Waals surface area contributed by atoms with Crippen molar-refractivity contribution >= 4 is 34.6 Å². The fraction of sp³-hybridized carbons (Fsp3) is 0.500. The molecule has 1 rings (SSSR count). The SMILES string of the molecule is CCCCC(C)Nc1cc(Cl)c(Cl)cc1N. The molecular formula is C12H18Cl2N2. The molecule has 0 amide bonds. The van der Waals surface area contributed by atoms with Crippen molar-refractivity contribution in [3.05, 3.63) is 22.2 Å². The molecule has 0 spiro atoms. The Morgan fingerprint density at radius 3 is 2.56 bits per heavy atom. The molecule has 0 aliphatic heterocycles. The molecule has 1 aromatic rings. The molecule has 1 unspecified atom stereocenters. The van der Waals surface area contributed by atoms with E-state index in [0.717, 1.165) is 12.1 Å². The largest absolute Gasteiger partial charge is 0.397 e. The standard InChI is InChI=1S/C12H18Cl2N2/c1-3-4-5-8(2)16-12-7-10(14)9(13)6-11(12)15/h6-8,16H,3-5,15H2,1-2H3. The number of rotatable bonds is 5. The van der Waals surface area contributed by atoms with Gasteiger partial charge < -0.3 is 11.1 Å². The fourth-order valence-electron chi connectivity index (χ4n) is 1.54. The molecule has 0 radical (unpaired) electrons. The number of hydrogen-bond acceptors (Lipinski definition) is 2. The van der Waals surface area contributed by atoms with E-state index in [2.05, 4.69) is 19.2 Å². The smallest absolute Gasteiger partial charge is 0.0614 e. The first-order valence-electron chi connectivity index (χ1n) is 5.55. The Kier molecular flexibility index (Phi) is 5.23. The Morgan fingerprint density at radius 2 is 1.94 bits per heavy atom. The molecule has 0 heterocycles. The maximum Gasteiger partial charge on any atom is 0.0614 e. The summed E-state index contributed by atoms with van der Waals surface area (Å²) >= 11 is 11.8. The van der Waals surface area contributed by atoms with Crippen LogP contribution in [0.25, 0.3) is 0 Å². The van der Waals surface area contributed by atoms with Crippen LogP contribution in [0.1, 0.15) is 33.1 Å². The lowest BCUT2D eigenvalue weighted by molar-refractivity contribution is 0.645. The molecule has 0 fully saturated rings. The Hall–Kier alpha value is -0.600. The minimum atomic E-state index is 0.388. The number of unbranched alkanes of at least 4 members (excludes halogenated alkanes) is 1. The van der Waals surface area contributed by atoms with E-state index in [0.29, 0.717) is 21.8 Å². The first kappa shape index (κ1) is 13.5. The van der Waals surface area contributed by atoms with Crippen molar-refractivity contribution in [3.63, 3.8) is 0 Å². The monoisotopic (exact) mass is 260 g/mol. The average Bonchev–Trinajstić information content (AvgIpc) is 2.23. The van der Waals surface area contributed by atoms with Crippen LogP contribution in [-0.4, -0.2) is 6.04 Å². The summed E-state index contributed by atoms with van der Waals surface area (Å²) in [6.07, 6.45) is 3.52. The minimum absolute atomic E-state index is 0.388. The first-order valence-corrected chi connectivity index (χ1v) is 6.31. The van der Waals surface area contributed by atoms with Gasteiger partial charge in [-0.3, -0.25) is 0 Å². The second-order valence-corrected chi connectivity index (χ2v) is 4.86. The van der Waals surface area contributed by atoms with Gasteiger partial charge >= 0.3 is 0 Å². The number of halogens is 2. The van der Waals surface area contributed by atoms with Crippen molar-refractivity contribution in [2.75, 3.05) is 11.1 Å². The van der Waals surface area contributed by atoms with Gasteiger partial charge in [0.2, 0.25) is 0 Å². The van der Waals surface area contributed by atoms with E-state index in [1.807, 2.05) is 0 Å². The van der Waals surface area contributed by atoms with Crippen LogP contribution < -0.4 is 11.1 Å². The Balaban J connectivity index is 2.69. The van der Waals surface area contributed by atoms with Crippen LogP contribution in [0, 0.1) is 0 Å². The van der Waals surface area contributed by atoms with E-state index in [-0.39, 0.29) is 0 Å². The van der Waals surface area contributed by atoms with Crippen molar-refractivity contribution in [2.45, 2.75) is 39.2 Å². The van der Waals surface area contributed by atoms with Crippen LogP contribution in [-0.2, 0) is 0 Å². The van der Waals surface area contributed by atoms with Gasteiger partial charge in [0.15, 0.2) is 0 Å². The lowest BCUT2D eigenvalue weighted by atomic mass is 10.1. The van der Waals surface area contributed by atoms with Gasteiger partial charge in [0.25, 0.3) is 0 Å². The molecule has 0 saturated carbocycles. The zero-order valence-corrected chi connectivity index (χ0v) is 11.2. The van der Waals surface area contributed by atoms with Gasteiger partial charge in [-0.15, -0.1) is 0 Å². The van der Waals surface area contributed by atoms with Gasteiger partial charge in [0.05, 0.1) is 21.4 Å². The fourth-order valence-corrected chi connectivity index (χ4v) is 1.87. The Bertz CT molecular complexity index is 353. The van der Waals surface area contributed by atoms with Gasteiger partial charge in [-0.1, -0.05) is 43.0 Å². The minimum Gasteiger partial charge on any atom is -0.397 e. The summed E-state index contributed by atoms with van der Waals surface area (Å²) in [6.45, 7) is 4.32. The molecule has 16 heavy (non-hydrogen) atoms. The summed E-state index contributed by atoms with van der Waals surface area (Å²) in [6, 6.07) is 3.85. The number of hydrogen-bond donors (Lipinski definition) is 2. The molecule has 4 heteroatoms. The van der Waals surface area contributed by atoms with Crippen molar-refractivity contribution in [1.29, 1.82) is 0 Å². The zero-order chi connectivity index (χ0) is 12.1. The van der Waals surface area contributed by atoms with E-state index in [4.69, 9.17) is 28.9 Å². The van der Waals surface area contributed by atoms with Gasteiger partial charge in [0, 0.05) is 6.04 Å². The molecule has 2 nitrogen and oxygen atoms in total. The molecule has 0 aromatic heterocycles. The molecule has 0 saturated heterocycles. The van der Waals surface area contributed by atoms with Crippen molar-refractivity contribution in [1.82, 2.24) is 0 Å². The number of nitrogens with one attached hydrogen (secondary N) is 1. The Labute approximate surface area is 107 Å². The highest BCUT2D eigenvalue weighted by Gasteiger charge is 2.07. The normalized spacial score (nSPS) is 12.5. The summed E-state index contributed by atoms with van der Waals surface area (Å²) in [5.41, 5.74) is 7.36.